The summed E-state index contributed by atoms with van der Waals surface area (Å²) in [6, 6.07) is 28.4. The van der Waals surface area contributed by atoms with E-state index in [2.05, 4.69) is 24.3 Å². The molecule has 0 atom stereocenters. The first kappa shape index (κ1) is 17.2. The summed E-state index contributed by atoms with van der Waals surface area (Å²) >= 11 is 6.13. The molecule has 0 heterocycles. The highest BCUT2D eigenvalue weighted by Gasteiger charge is 2.13. The molecule has 0 amide bonds. The number of alkyl halides is 1. The van der Waals surface area contributed by atoms with Gasteiger partial charge in [-0.25, -0.2) is 0 Å². The van der Waals surface area contributed by atoms with Crippen LogP contribution in [0.2, 0.25) is 0 Å². The first-order chi connectivity index (χ1) is 12.3. The number of aldehydes is 1. The fraction of sp³-hybridized carbons (Fsp3) is 0.0870. The molecule has 1 nitrogen and oxygen atoms in total. The zero-order valence-corrected chi connectivity index (χ0v) is 14.6. The van der Waals surface area contributed by atoms with Gasteiger partial charge in [-0.2, -0.15) is 0 Å². The third-order valence-corrected chi connectivity index (χ3v) is 4.36. The first-order valence-electron chi connectivity index (χ1n) is 8.29. The molecule has 0 unspecified atom stereocenters. The molecule has 25 heavy (non-hydrogen) atoms. The second-order valence-corrected chi connectivity index (χ2v) is 6.14. The molecule has 3 aromatic carbocycles. The van der Waals surface area contributed by atoms with E-state index in [-0.39, 0.29) is 0 Å². The van der Waals surface area contributed by atoms with E-state index in [1.54, 1.807) is 0 Å². The van der Waals surface area contributed by atoms with Crippen LogP contribution >= 0.6 is 11.6 Å². The second kappa shape index (κ2) is 8.46. The van der Waals surface area contributed by atoms with Crippen LogP contribution in [0.15, 0.2) is 84.9 Å². The fourth-order valence-corrected chi connectivity index (χ4v) is 3.18. The predicted octanol–water partition coefficient (Wildman–Crippen LogP) is 6.09. The van der Waals surface area contributed by atoms with Crippen LogP contribution in [0.4, 0.5) is 0 Å². The van der Waals surface area contributed by atoms with Crippen LogP contribution in [0.25, 0.3) is 11.1 Å². The lowest BCUT2D eigenvalue weighted by molar-refractivity contribution is 0.112. The molecule has 3 aromatic rings. The molecule has 0 aromatic heterocycles. The fourth-order valence-electron chi connectivity index (χ4n) is 3.00. The summed E-state index contributed by atoms with van der Waals surface area (Å²) < 4.78 is 0. The highest BCUT2D eigenvalue weighted by Crippen LogP contribution is 2.34. The van der Waals surface area contributed by atoms with Gasteiger partial charge in [-0.15, -0.1) is 11.6 Å². The summed E-state index contributed by atoms with van der Waals surface area (Å²) in [6.07, 6.45) is 1.64. The van der Waals surface area contributed by atoms with E-state index in [1.807, 2.05) is 60.7 Å². The maximum atomic E-state index is 11.0. The van der Waals surface area contributed by atoms with Crippen molar-refractivity contribution in [1.82, 2.24) is 0 Å². The van der Waals surface area contributed by atoms with Gasteiger partial charge in [-0.05, 0) is 34.3 Å². The molecular weight excluding hydrogens is 328 g/mol. The maximum absolute atomic E-state index is 11.0. The molecule has 0 fully saturated rings. The summed E-state index contributed by atoms with van der Waals surface area (Å²) in [4.78, 5) is 11.0. The van der Waals surface area contributed by atoms with Gasteiger partial charge in [0.15, 0.2) is 0 Å². The van der Waals surface area contributed by atoms with Crippen molar-refractivity contribution in [3.05, 3.63) is 107 Å². The van der Waals surface area contributed by atoms with E-state index in [9.17, 15) is 4.79 Å². The van der Waals surface area contributed by atoms with Crippen molar-refractivity contribution < 1.29 is 4.79 Å². The minimum atomic E-state index is 0.549. The number of benzene rings is 3. The molecular formula is C23H19ClO. The minimum absolute atomic E-state index is 0.549. The highest BCUT2D eigenvalue weighted by molar-refractivity contribution is 6.18. The zero-order chi connectivity index (χ0) is 17.5. The molecule has 124 valence electrons. The minimum Gasteiger partial charge on any atom is -0.298 e. The van der Waals surface area contributed by atoms with E-state index in [1.165, 1.54) is 11.1 Å². The molecule has 2 heteroatoms. The van der Waals surface area contributed by atoms with E-state index >= 15 is 0 Å². The summed E-state index contributed by atoms with van der Waals surface area (Å²) in [6.45, 7) is 0. The van der Waals surface area contributed by atoms with Gasteiger partial charge in [0, 0.05) is 11.4 Å². The normalized spacial score (nSPS) is 11.7. The van der Waals surface area contributed by atoms with Gasteiger partial charge < -0.3 is 0 Å². The van der Waals surface area contributed by atoms with Crippen molar-refractivity contribution in [3.8, 4) is 0 Å². The number of hydrogen-bond acceptors (Lipinski definition) is 1. The number of rotatable bonds is 6. The van der Waals surface area contributed by atoms with Gasteiger partial charge in [0.05, 0.1) is 0 Å². The Labute approximate surface area is 153 Å². The smallest absolute Gasteiger partial charge is 0.150 e. The molecule has 0 spiro atoms. The standard InChI is InChI=1S/C23H19ClO/c24-16-15-22(19-7-3-1-4-8-19)23(20-9-5-2-6-10-20)21-13-11-18(17-25)12-14-21/h1-14,17H,15-16H2/b23-22-. The lowest BCUT2D eigenvalue weighted by atomic mass is 9.88. The van der Waals surface area contributed by atoms with Crippen molar-refractivity contribution in [2.24, 2.45) is 0 Å². The number of halogens is 1. The monoisotopic (exact) mass is 346 g/mol. The Morgan fingerprint density at radius 1 is 0.720 bits per heavy atom. The summed E-state index contributed by atoms with van der Waals surface area (Å²) in [5.74, 6) is 0.549. The van der Waals surface area contributed by atoms with Crippen LogP contribution < -0.4 is 0 Å². The Balaban J connectivity index is 2.25. The topological polar surface area (TPSA) is 17.1 Å². The molecule has 0 radical (unpaired) electrons. The number of hydrogen-bond donors (Lipinski definition) is 0. The predicted molar refractivity (Wildman–Crippen MR) is 106 cm³/mol. The Morgan fingerprint density at radius 2 is 1.24 bits per heavy atom. The SMILES string of the molecule is O=Cc1ccc(/C(=C(/CCCl)c2ccccc2)c2ccccc2)cc1. The van der Waals surface area contributed by atoms with Crippen LogP contribution in [-0.4, -0.2) is 12.2 Å². The van der Waals surface area contributed by atoms with Gasteiger partial charge in [0.25, 0.3) is 0 Å². The molecule has 0 N–H and O–H groups in total. The number of carbonyl (C=O) groups excluding carboxylic acids is 1. The average Bonchev–Trinajstić information content (AvgIpc) is 2.69. The van der Waals surface area contributed by atoms with Crippen molar-refractivity contribution in [2.45, 2.75) is 6.42 Å². The van der Waals surface area contributed by atoms with Crippen molar-refractivity contribution in [2.75, 3.05) is 5.88 Å². The number of allylic oxidation sites excluding steroid dienone is 1. The summed E-state index contributed by atoms with van der Waals surface area (Å²) in [5, 5.41) is 0. The molecule has 0 bridgehead atoms. The van der Waals surface area contributed by atoms with E-state index in [4.69, 9.17) is 11.6 Å². The molecule has 0 aliphatic carbocycles. The summed E-state index contributed by atoms with van der Waals surface area (Å²) in [5.41, 5.74) is 6.44. The lowest BCUT2D eigenvalue weighted by Crippen LogP contribution is -1.97. The zero-order valence-electron chi connectivity index (χ0n) is 13.9. The Hall–Kier alpha value is -2.64. The van der Waals surface area contributed by atoms with E-state index < -0.39 is 0 Å². The van der Waals surface area contributed by atoms with Crippen molar-refractivity contribution in [1.29, 1.82) is 0 Å². The van der Waals surface area contributed by atoms with Gasteiger partial charge in [-0.3, -0.25) is 4.79 Å². The Kier molecular flexibility index (Phi) is 5.81. The molecule has 0 aliphatic heterocycles. The van der Waals surface area contributed by atoms with Crippen LogP contribution in [0, 0.1) is 0 Å². The highest BCUT2D eigenvalue weighted by atomic mass is 35.5. The largest absolute Gasteiger partial charge is 0.298 e. The molecule has 3 rings (SSSR count). The molecule has 0 saturated carbocycles. The van der Waals surface area contributed by atoms with Gasteiger partial charge in [0.2, 0.25) is 0 Å². The summed E-state index contributed by atoms with van der Waals surface area (Å²) in [7, 11) is 0. The number of carbonyl (C=O) groups is 1. The molecule has 0 saturated heterocycles. The van der Waals surface area contributed by atoms with Crippen LogP contribution in [0.1, 0.15) is 33.5 Å². The van der Waals surface area contributed by atoms with Crippen LogP contribution in [0.3, 0.4) is 0 Å². The van der Waals surface area contributed by atoms with Crippen molar-refractivity contribution >= 4 is 29.0 Å². The quantitative estimate of drug-likeness (QED) is 0.300. The van der Waals surface area contributed by atoms with Crippen LogP contribution in [0.5, 0.6) is 0 Å². The van der Waals surface area contributed by atoms with Gasteiger partial charge >= 0.3 is 0 Å². The first-order valence-corrected chi connectivity index (χ1v) is 8.82. The van der Waals surface area contributed by atoms with Crippen LogP contribution in [-0.2, 0) is 0 Å². The van der Waals surface area contributed by atoms with E-state index in [0.717, 1.165) is 29.4 Å². The van der Waals surface area contributed by atoms with E-state index in [0.29, 0.717) is 11.4 Å². The van der Waals surface area contributed by atoms with Crippen molar-refractivity contribution in [3.63, 3.8) is 0 Å². The molecule has 0 aliphatic rings. The second-order valence-electron chi connectivity index (χ2n) is 5.76. The average molecular weight is 347 g/mol. The Morgan fingerprint density at radius 3 is 1.76 bits per heavy atom. The van der Waals surface area contributed by atoms with Gasteiger partial charge in [-0.1, -0.05) is 84.9 Å². The third kappa shape index (κ3) is 4.07. The maximum Gasteiger partial charge on any atom is 0.150 e. The van der Waals surface area contributed by atoms with Gasteiger partial charge in [0.1, 0.15) is 6.29 Å². The third-order valence-electron chi connectivity index (χ3n) is 4.17. The lowest BCUT2D eigenvalue weighted by Gasteiger charge is -2.17. The Bertz CT molecular complexity index is 850.